The molecule has 0 saturated carbocycles. The van der Waals surface area contributed by atoms with Crippen molar-refractivity contribution in [2.45, 2.75) is 76.6 Å². The summed E-state index contributed by atoms with van der Waals surface area (Å²) in [7, 11) is 3.06. The molecule has 2 N–H and O–H groups in total. The fraction of sp³-hybridized carbons (Fsp3) is 0.600. The Morgan fingerprint density at radius 3 is 2.55 bits per heavy atom. The molecule has 0 radical (unpaired) electrons. The van der Waals surface area contributed by atoms with Crippen LogP contribution in [0.3, 0.4) is 0 Å². The molecule has 49 heavy (non-hydrogen) atoms. The number of rotatable bonds is 9. The van der Waals surface area contributed by atoms with Gasteiger partial charge in [0.2, 0.25) is 11.8 Å². The molecular formula is C35H51N5O8S. The number of amides is 2. The van der Waals surface area contributed by atoms with Crippen LogP contribution in [0.15, 0.2) is 52.2 Å². The van der Waals surface area contributed by atoms with Crippen LogP contribution in [0.5, 0.6) is 5.75 Å². The molecule has 0 bridgehead atoms. The van der Waals surface area contributed by atoms with Gasteiger partial charge in [-0.3, -0.25) is 14.2 Å². The van der Waals surface area contributed by atoms with Gasteiger partial charge in [-0.2, -0.15) is 0 Å². The Kier molecular flexibility index (Phi) is 14.5. The zero-order chi connectivity index (χ0) is 35.5. The predicted octanol–water partition coefficient (Wildman–Crippen LogP) is 3.90. The molecule has 5 atom stereocenters. The number of carbonyl (C=O) groups is 2. The maximum Gasteiger partial charge on any atom is 0.233 e. The van der Waals surface area contributed by atoms with Gasteiger partial charge in [-0.05, 0) is 55.5 Å². The van der Waals surface area contributed by atoms with E-state index < -0.39 is 24.4 Å². The van der Waals surface area contributed by atoms with Crippen LogP contribution in [0.1, 0.15) is 52.1 Å². The van der Waals surface area contributed by atoms with Crippen molar-refractivity contribution in [3.05, 3.63) is 48.2 Å². The molecular weight excluding hydrogens is 650 g/mol. The highest BCUT2D eigenvalue weighted by atomic mass is 32.2. The monoisotopic (exact) mass is 701 g/mol. The molecule has 0 aliphatic carbocycles. The van der Waals surface area contributed by atoms with Crippen LogP contribution >= 0.6 is 11.8 Å². The predicted molar refractivity (Wildman–Crippen MR) is 185 cm³/mol. The molecule has 2 aromatic heterocycles. The average molecular weight is 702 g/mol. The first-order valence-corrected chi connectivity index (χ1v) is 17.8. The van der Waals surface area contributed by atoms with E-state index in [4.69, 9.17) is 18.6 Å². The number of methoxy groups -OCH3 is 2. The third-order valence-electron chi connectivity index (χ3n) is 9.03. The van der Waals surface area contributed by atoms with Crippen LogP contribution in [0.4, 0.5) is 0 Å². The highest BCUT2D eigenvalue weighted by molar-refractivity contribution is 7.99. The minimum Gasteiger partial charge on any atom is -0.497 e. The van der Waals surface area contributed by atoms with Crippen LogP contribution in [-0.4, -0.2) is 118 Å². The lowest BCUT2D eigenvalue weighted by atomic mass is 9.82. The van der Waals surface area contributed by atoms with Crippen molar-refractivity contribution in [3.63, 3.8) is 0 Å². The number of aromatic nitrogens is 3. The van der Waals surface area contributed by atoms with E-state index in [1.807, 2.05) is 46.7 Å². The molecule has 1 aromatic carbocycles. The number of aliphatic hydroxyl groups is 2. The maximum atomic E-state index is 14.5. The van der Waals surface area contributed by atoms with Crippen molar-refractivity contribution < 1.29 is 38.4 Å². The Bertz CT molecular complexity index is 1470. The van der Waals surface area contributed by atoms with E-state index in [1.54, 1.807) is 24.3 Å². The third kappa shape index (κ3) is 9.85. The fourth-order valence-corrected chi connectivity index (χ4v) is 7.11. The van der Waals surface area contributed by atoms with Crippen molar-refractivity contribution in [2.75, 3.05) is 52.8 Å². The van der Waals surface area contributed by atoms with Crippen LogP contribution in [0.25, 0.3) is 11.6 Å². The number of hydrogen-bond donors (Lipinski definition) is 2. The summed E-state index contributed by atoms with van der Waals surface area (Å²) in [5.41, 5.74) is 0.885. The molecule has 270 valence electrons. The van der Waals surface area contributed by atoms with E-state index in [1.165, 1.54) is 25.8 Å². The number of benzene rings is 1. The second kappa shape index (κ2) is 18.5. The summed E-state index contributed by atoms with van der Waals surface area (Å²) < 4.78 is 24.4. The molecule has 13 nitrogen and oxygen atoms in total. The second-order valence-electron chi connectivity index (χ2n) is 12.6. The van der Waals surface area contributed by atoms with Crippen LogP contribution in [0.2, 0.25) is 0 Å². The Balaban J connectivity index is 1.74. The second-order valence-corrected chi connectivity index (χ2v) is 13.5. The molecule has 1 aliphatic rings. The van der Waals surface area contributed by atoms with Gasteiger partial charge in [0.15, 0.2) is 16.7 Å². The molecule has 1 fully saturated rings. The van der Waals surface area contributed by atoms with Crippen LogP contribution in [-0.2, 0) is 25.6 Å². The first-order chi connectivity index (χ1) is 23.6. The number of furan rings is 1. The van der Waals surface area contributed by atoms with E-state index in [-0.39, 0.29) is 49.1 Å². The summed E-state index contributed by atoms with van der Waals surface area (Å²) in [6, 6.07) is 10.9. The van der Waals surface area contributed by atoms with Gasteiger partial charge in [-0.1, -0.05) is 37.7 Å². The van der Waals surface area contributed by atoms with Crippen molar-refractivity contribution in [3.8, 4) is 17.3 Å². The first-order valence-electron chi connectivity index (χ1n) is 16.8. The van der Waals surface area contributed by atoms with E-state index in [0.29, 0.717) is 55.0 Å². The summed E-state index contributed by atoms with van der Waals surface area (Å²) >= 11 is 1.32. The lowest BCUT2D eigenvalue weighted by Crippen LogP contribution is -2.51. The van der Waals surface area contributed by atoms with Crippen LogP contribution in [0, 0.1) is 11.8 Å². The summed E-state index contributed by atoms with van der Waals surface area (Å²) in [6.45, 7) is 9.24. The molecule has 3 aromatic rings. The largest absolute Gasteiger partial charge is 0.497 e. The molecule has 14 heteroatoms. The standard InChI is InChI=1S/C35H51N5O8S/c1-7-39-34(29-14-11-17-48-29)36-37-35(39)49-22-31(43)40-15-8-9-16-47-21-28(42)33(44)30(46-6)20-38(24(4)41)19-27(23(2)3)32(40)25-12-10-13-26(18-25)45-5/h10-14,17-18,23,27-28,30,32-33,42,44H,7-9,15-16,19-22H2,1-6H3/t27-,28+,30+,32-,33+/m1/s1. The molecule has 1 aliphatic heterocycles. The minimum absolute atomic E-state index is 0.0237. The molecule has 1 saturated heterocycles. The Morgan fingerprint density at radius 1 is 1.10 bits per heavy atom. The van der Waals surface area contributed by atoms with Gasteiger partial charge < -0.3 is 38.6 Å². The number of ether oxygens (including phenoxy) is 3. The Hall–Kier alpha value is -3.43. The van der Waals surface area contributed by atoms with Gasteiger partial charge in [-0.25, -0.2) is 0 Å². The Morgan fingerprint density at radius 2 is 1.90 bits per heavy atom. The number of nitrogens with zero attached hydrogens (tertiary/aromatic N) is 5. The maximum absolute atomic E-state index is 14.5. The van der Waals surface area contributed by atoms with Crippen molar-refractivity contribution in [1.29, 1.82) is 0 Å². The summed E-state index contributed by atoms with van der Waals surface area (Å²) in [5, 5.41) is 31.0. The number of thioether (sulfide) groups is 1. The topological polar surface area (TPSA) is 153 Å². The first kappa shape index (κ1) is 38.4. The van der Waals surface area contributed by atoms with E-state index in [0.717, 1.165) is 5.56 Å². The van der Waals surface area contributed by atoms with Gasteiger partial charge in [0, 0.05) is 52.7 Å². The summed E-state index contributed by atoms with van der Waals surface area (Å²) in [6.07, 6.45) is -0.469. The lowest BCUT2D eigenvalue weighted by molar-refractivity contribution is -0.139. The molecule has 2 amide bonds. The molecule has 4 rings (SSSR count). The molecule has 0 unspecified atom stereocenters. The molecule has 0 spiro atoms. The highest BCUT2D eigenvalue weighted by Gasteiger charge is 2.38. The molecule has 3 heterocycles. The summed E-state index contributed by atoms with van der Waals surface area (Å²) in [5.74, 6) is 1.47. The van der Waals surface area contributed by atoms with Crippen molar-refractivity contribution >= 4 is 23.6 Å². The van der Waals surface area contributed by atoms with Crippen LogP contribution < -0.4 is 4.74 Å². The lowest BCUT2D eigenvalue weighted by Gasteiger charge is -2.42. The van der Waals surface area contributed by atoms with E-state index >= 15 is 0 Å². The normalized spacial score (nSPS) is 23.2. The number of aliphatic hydroxyl groups excluding tert-OH is 2. The van der Waals surface area contributed by atoms with E-state index in [9.17, 15) is 19.8 Å². The number of hydrogen-bond acceptors (Lipinski definition) is 11. The highest BCUT2D eigenvalue weighted by Crippen LogP contribution is 2.37. The van der Waals surface area contributed by atoms with Gasteiger partial charge >= 0.3 is 0 Å². The van der Waals surface area contributed by atoms with Crippen molar-refractivity contribution in [2.24, 2.45) is 11.8 Å². The van der Waals surface area contributed by atoms with Crippen molar-refractivity contribution in [1.82, 2.24) is 24.6 Å². The van der Waals surface area contributed by atoms with E-state index in [2.05, 4.69) is 24.0 Å². The Labute approximate surface area is 292 Å². The third-order valence-corrected chi connectivity index (χ3v) is 9.99. The summed E-state index contributed by atoms with van der Waals surface area (Å²) in [4.78, 5) is 31.2. The average Bonchev–Trinajstić information content (AvgIpc) is 3.78. The quantitative estimate of drug-likeness (QED) is 0.313. The smallest absolute Gasteiger partial charge is 0.233 e. The zero-order valence-corrected chi connectivity index (χ0v) is 30.2. The fourth-order valence-electron chi connectivity index (χ4n) is 6.22. The van der Waals surface area contributed by atoms with Gasteiger partial charge in [0.25, 0.3) is 0 Å². The number of carbonyl (C=O) groups excluding carboxylic acids is 2. The minimum atomic E-state index is -1.27. The SMILES string of the molecule is CCn1c(SCC(=O)N2CCCCOC[C@H](O)[C@H](O)[C@@H](OC)CN(C(C)=O)C[C@H](C(C)C)[C@H]2c2cccc(OC)c2)nnc1-c1ccco1. The zero-order valence-electron chi connectivity index (χ0n) is 29.4. The van der Waals surface area contributed by atoms with Gasteiger partial charge in [0.05, 0.1) is 31.8 Å². The van der Waals surface area contributed by atoms with Gasteiger partial charge in [0.1, 0.15) is 24.1 Å². The van der Waals surface area contributed by atoms with Gasteiger partial charge in [-0.15, -0.1) is 10.2 Å².